The number of hydrogen-bond acceptors (Lipinski definition) is 5. The Hall–Kier alpha value is -2.67. The van der Waals surface area contributed by atoms with Gasteiger partial charge in [0.2, 0.25) is 5.95 Å². The molecular weight excluding hydrogens is 328 g/mol. The quantitative estimate of drug-likeness (QED) is 0.751. The zero-order chi connectivity index (χ0) is 18.1. The topological polar surface area (TPSA) is 78.8 Å². The molecular formula is C19H24N6O. The number of anilines is 1. The predicted octanol–water partition coefficient (Wildman–Crippen LogP) is 1.98. The maximum Gasteiger partial charge on any atom is 0.263 e. The summed E-state index contributed by atoms with van der Waals surface area (Å²) in [6, 6.07) is 10.8. The first-order valence-corrected chi connectivity index (χ1v) is 9.05. The van der Waals surface area contributed by atoms with Gasteiger partial charge in [-0.1, -0.05) is 37.3 Å². The van der Waals surface area contributed by atoms with Crippen LogP contribution in [-0.4, -0.2) is 43.8 Å². The smallest absolute Gasteiger partial charge is 0.263 e. The highest BCUT2D eigenvalue weighted by Gasteiger charge is 2.27. The molecule has 2 unspecified atom stereocenters. The van der Waals surface area contributed by atoms with Gasteiger partial charge >= 0.3 is 0 Å². The average molecular weight is 352 g/mol. The van der Waals surface area contributed by atoms with Crippen LogP contribution in [0.25, 0.3) is 11.0 Å². The monoisotopic (exact) mass is 352 g/mol. The summed E-state index contributed by atoms with van der Waals surface area (Å²) in [5, 5.41) is 8.08. The lowest BCUT2D eigenvalue weighted by Gasteiger charge is -2.37. The zero-order valence-electron chi connectivity index (χ0n) is 15.1. The minimum Gasteiger partial charge on any atom is -0.351 e. The van der Waals surface area contributed by atoms with Crippen LogP contribution in [0.1, 0.15) is 18.9 Å². The van der Waals surface area contributed by atoms with E-state index < -0.39 is 0 Å². The van der Waals surface area contributed by atoms with Crippen LogP contribution >= 0.6 is 0 Å². The van der Waals surface area contributed by atoms with Crippen molar-refractivity contribution in [3.63, 3.8) is 0 Å². The summed E-state index contributed by atoms with van der Waals surface area (Å²) >= 11 is 0. The van der Waals surface area contributed by atoms with Crippen LogP contribution in [-0.2, 0) is 13.6 Å². The molecule has 2 atom stereocenters. The third-order valence-corrected chi connectivity index (χ3v) is 5.22. The van der Waals surface area contributed by atoms with E-state index in [0.29, 0.717) is 22.9 Å². The molecule has 136 valence electrons. The maximum absolute atomic E-state index is 12.2. The van der Waals surface area contributed by atoms with Crippen LogP contribution in [0.15, 0.2) is 41.3 Å². The molecule has 7 heteroatoms. The summed E-state index contributed by atoms with van der Waals surface area (Å²) in [4.78, 5) is 22.1. The summed E-state index contributed by atoms with van der Waals surface area (Å²) in [6.45, 7) is 5.19. The van der Waals surface area contributed by atoms with Gasteiger partial charge in [-0.05, 0) is 24.4 Å². The zero-order valence-corrected chi connectivity index (χ0v) is 15.1. The molecule has 0 spiro atoms. The molecule has 1 aromatic carbocycles. The number of H-pyrrole nitrogens is 1. The van der Waals surface area contributed by atoms with E-state index in [0.717, 1.165) is 26.1 Å². The Labute approximate surface area is 152 Å². The first kappa shape index (κ1) is 16.8. The van der Waals surface area contributed by atoms with Crippen LogP contribution in [0.2, 0.25) is 0 Å². The van der Waals surface area contributed by atoms with Gasteiger partial charge in [-0.15, -0.1) is 0 Å². The maximum atomic E-state index is 12.2. The summed E-state index contributed by atoms with van der Waals surface area (Å²) in [5.74, 6) is 1.03. The minimum atomic E-state index is -0.157. The first-order valence-electron chi connectivity index (χ1n) is 9.05. The third kappa shape index (κ3) is 3.35. The van der Waals surface area contributed by atoms with E-state index >= 15 is 0 Å². The lowest BCUT2D eigenvalue weighted by Crippen LogP contribution is -2.46. The van der Waals surface area contributed by atoms with E-state index in [1.807, 2.05) is 6.07 Å². The van der Waals surface area contributed by atoms with Crippen LogP contribution < -0.4 is 10.9 Å². The number of aromatic amines is 1. The summed E-state index contributed by atoms with van der Waals surface area (Å²) in [6.07, 6.45) is 2.67. The Morgan fingerprint density at radius 2 is 2.12 bits per heavy atom. The van der Waals surface area contributed by atoms with Gasteiger partial charge in [-0.25, -0.2) is 0 Å². The van der Waals surface area contributed by atoms with Gasteiger partial charge in [0.15, 0.2) is 5.65 Å². The van der Waals surface area contributed by atoms with Gasteiger partial charge in [-0.3, -0.25) is 19.4 Å². The number of nitrogens with zero attached hydrogens (tertiary/aromatic N) is 4. The number of benzene rings is 1. The average Bonchev–Trinajstić information content (AvgIpc) is 3.00. The van der Waals surface area contributed by atoms with Crippen LogP contribution in [0.5, 0.6) is 0 Å². The Morgan fingerprint density at radius 3 is 2.92 bits per heavy atom. The highest BCUT2D eigenvalue weighted by atomic mass is 16.1. The molecule has 26 heavy (non-hydrogen) atoms. The van der Waals surface area contributed by atoms with Crippen molar-refractivity contribution in [2.75, 3.05) is 18.4 Å². The number of fused-ring (bicyclic) bond motifs is 1. The normalized spacial score (nSPS) is 21.2. The fourth-order valence-corrected chi connectivity index (χ4v) is 3.59. The highest BCUT2D eigenvalue weighted by Crippen LogP contribution is 2.21. The number of rotatable bonds is 4. The molecule has 0 saturated carbocycles. The SMILES string of the molecule is CC1CCN(Cc2ccccc2)CC1Nc1nc2c(cnn2C)c(=O)[nH]1. The molecule has 1 aliphatic heterocycles. The summed E-state index contributed by atoms with van der Waals surface area (Å²) in [7, 11) is 1.80. The lowest BCUT2D eigenvalue weighted by atomic mass is 9.93. The number of nitrogens with one attached hydrogen (secondary N) is 2. The van der Waals surface area contributed by atoms with Gasteiger partial charge in [0.1, 0.15) is 5.39 Å². The van der Waals surface area contributed by atoms with Gasteiger partial charge in [-0.2, -0.15) is 10.1 Å². The molecule has 0 bridgehead atoms. The molecule has 2 aromatic heterocycles. The molecule has 1 saturated heterocycles. The van der Waals surface area contributed by atoms with Crippen molar-refractivity contribution in [2.24, 2.45) is 13.0 Å². The molecule has 3 aromatic rings. The largest absolute Gasteiger partial charge is 0.351 e. The van der Waals surface area contributed by atoms with Crippen LogP contribution in [0.4, 0.5) is 5.95 Å². The first-order chi connectivity index (χ1) is 12.6. The lowest BCUT2D eigenvalue weighted by molar-refractivity contribution is 0.170. The fraction of sp³-hybridized carbons (Fsp3) is 0.421. The number of aromatic nitrogens is 4. The van der Waals surface area contributed by atoms with E-state index in [2.05, 4.69) is 56.5 Å². The molecule has 2 N–H and O–H groups in total. The molecule has 3 heterocycles. The van der Waals surface area contributed by atoms with Crippen molar-refractivity contribution < 1.29 is 0 Å². The Morgan fingerprint density at radius 1 is 1.31 bits per heavy atom. The molecule has 1 aliphatic rings. The molecule has 0 radical (unpaired) electrons. The standard InChI is InChI=1S/C19H24N6O/c1-13-8-9-25(11-14-6-4-3-5-7-14)12-16(13)21-19-22-17-15(18(26)23-19)10-20-24(17)2/h3-7,10,13,16H,8-9,11-12H2,1-2H3,(H2,21,22,23,26). The second-order valence-electron chi connectivity index (χ2n) is 7.16. The number of likely N-dealkylation sites (tertiary alicyclic amines) is 1. The molecule has 0 aliphatic carbocycles. The van der Waals surface area contributed by atoms with E-state index in [1.165, 1.54) is 5.56 Å². The summed E-state index contributed by atoms with van der Waals surface area (Å²) in [5.41, 5.74) is 1.76. The van der Waals surface area contributed by atoms with E-state index in [-0.39, 0.29) is 11.6 Å². The number of aryl methyl sites for hydroxylation is 1. The second-order valence-corrected chi connectivity index (χ2v) is 7.16. The van der Waals surface area contributed by atoms with Crippen molar-refractivity contribution in [1.82, 2.24) is 24.6 Å². The van der Waals surface area contributed by atoms with E-state index in [1.54, 1.807) is 17.9 Å². The number of hydrogen-bond donors (Lipinski definition) is 2. The number of piperidine rings is 1. The molecule has 7 nitrogen and oxygen atoms in total. The van der Waals surface area contributed by atoms with Crippen molar-refractivity contribution >= 4 is 17.0 Å². The van der Waals surface area contributed by atoms with E-state index in [4.69, 9.17) is 0 Å². The van der Waals surface area contributed by atoms with Crippen molar-refractivity contribution in [3.05, 3.63) is 52.4 Å². The van der Waals surface area contributed by atoms with Gasteiger partial charge in [0.25, 0.3) is 5.56 Å². The summed E-state index contributed by atoms with van der Waals surface area (Å²) < 4.78 is 1.63. The van der Waals surface area contributed by atoms with Crippen LogP contribution in [0, 0.1) is 5.92 Å². The van der Waals surface area contributed by atoms with Gasteiger partial charge in [0, 0.05) is 26.2 Å². The van der Waals surface area contributed by atoms with Gasteiger partial charge in [0.05, 0.1) is 6.20 Å². The fourth-order valence-electron chi connectivity index (χ4n) is 3.59. The highest BCUT2D eigenvalue weighted by molar-refractivity contribution is 5.74. The predicted molar refractivity (Wildman–Crippen MR) is 102 cm³/mol. The Balaban J connectivity index is 1.51. The Bertz CT molecular complexity index is 948. The van der Waals surface area contributed by atoms with Crippen LogP contribution in [0.3, 0.4) is 0 Å². The second kappa shape index (κ2) is 6.92. The van der Waals surface area contributed by atoms with Crippen molar-refractivity contribution in [3.8, 4) is 0 Å². The Kier molecular flexibility index (Phi) is 4.46. The van der Waals surface area contributed by atoms with E-state index in [9.17, 15) is 4.79 Å². The van der Waals surface area contributed by atoms with Gasteiger partial charge < -0.3 is 5.32 Å². The van der Waals surface area contributed by atoms with Crippen molar-refractivity contribution in [1.29, 1.82) is 0 Å². The molecule has 1 fully saturated rings. The third-order valence-electron chi connectivity index (χ3n) is 5.22. The minimum absolute atomic E-state index is 0.157. The van der Waals surface area contributed by atoms with Crippen molar-refractivity contribution in [2.45, 2.75) is 25.9 Å². The molecule has 4 rings (SSSR count). The molecule has 0 amide bonds.